The number of hydrogen-bond acceptors (Lipinski definition) is 2. The Hall–Kier alpha value is -0.790. The molecular formula is C13H23NO. The number of carbonyl (C=O) groups excluding carboxylic acids is 1. The van der Waals surface area contributed by atoms with Gasteiger partial charge in [-0.3, -0.25) is 4.79 Å². The van der Waals surface area contributed by atoms with E-state index in [2.05, 4.69) is 20.4 Å². The molecule has 1 saturated carbocycles. The molecule has 86 valence electrons. The Bertz CT molecular complexity index is 249. The Morgan fingerprint density at radius 2 is 1.87 bits per heavy atom. The SMILES string of the molecule is C=C(N)C(=O)CC1(C(C)C)CCCCC1. The van der Waals surface area contributed by atoms with Crippen molar-refractivity contribution in [3.63, 3.8) is 0 Å². The number of nitrogens with two attached hydrogens (primary N) is 1. The maximum atomic E-state index is 11.7. The molecule has 0 bridgehead atoms. The highest BCUT2D eigenvalue weighted by atomic mass is 16.1. The minimum atomic E-state index is 0.0469. The molecule has 15 heavy (non-hydrogen) atoms. The van der Waals surface area contributed by atoms with E-state index in [4.69, 9.17) is 5.73 Å². The van der Waals surface area contributed by atoms with Crippen LogP contribution < -0.4 is 5.73 Å². The molecule has 1 aliphatic rings. The first kappa shape index (κ1) is 12.3. The summed E-state index contributed by atoms with van der Waals surface area (Å²) in [5.41, 5.74) is 5.88. The summed E-state index contributed by atoms with van der Waals surface area (Å²) in [6.07, 6.45) is 6.75. The molecule has 0 aromatic rings. The largest absolute Gasteiger partial charge is 0.396 e. The second-order valence-electron chi connectivity index (χ2n) is 5.20. The molecule has 2 nitrogen and oxygen atoms in total. The van der Waals surface area contributed by atoms with Crippen molar-refractivity contribution in [3.05, 3.63) is 12.3 Å². The van der Waals surface area contributed by atoms with E-state index >= 15 is 0 Å². The third-order valence-electron chi connectivity index (χ3n) is 3.94. The van der Waals surface area contributed by atoms with E-state index in [0.717, 1.165) is 0 Å². The van der Waals surface area contributed by atoms with Gasteiger partial charge in [-0.15, -0.1) is 0 Å². The molecule has 1 rings (SSSR count). The van der Waals surface area contributed by atoms with Crippen molar-refractivity contribution < 1.29 is 4.79 Å². The number of rotatable bonds is 4. The van der Waals surface area contributed by atoms with Gasteiger partial charge in [0, 0.05) is 6.42 Å². The van der Waals surface area contributed by atoms with Gasteiger partial charge in [0.2, 0.25) is 0 Å². The minimum Gasteiger partial charge on any atom is -0.396 e. The van der Waals surface area contributed by atoms with E-state index in [-0.39, 0.29) is 16.9 Å². The normalized spacial score (nSPS) is 20.2. The monoisotopic (exact) mass is 209 g/mol. The first-order valence-corrected chi connectivity index (χ1v) is 5.95. The van der Waals surface area contributed by atoms with Gasteiger partial charge in [-0.2, -0.15) is 0 Å². The van der Waals surface area contributed by atoms with Crippen molar-refractivity contribution in [3.8, 4) is 0 Å². The minimum absolute atomic E-state index is 0.0469. The van der Waals surface area contributed by atoms with Gasteiger partial charge in [0.25, 0.3) is 0 Å². The Morgan fingerprint density at radius 1 is 1.33 bits per heavy atom. The van der Waals surface area contributed by atoms with Gasteiger partial charge in [-0.05, 0) is 24.2 Å². The first-order valence-electron chi connectivity index (χ1n) is 5.95. The molecule has 0 saturated heterocycles. The molecule has 0 amide bonds. The van der Waals surface area contributed by atoms with Crippen molar-refractivity contribution in [1.82, 2.24) is 0 Å². The third kappa shape index (κ3) is 2.83. The van der Waals surface area contributed by atoms with Crippen LogP contribution >= 0.6 is 0 Å². The summed E-state index contributed by atoms with van der Waals surface area (Å²) in [5.74, 6) is 0.603. The number of carbonyl (C=O) groups is 1. The fourth-order valence-corrected chi connectivity index (χ4v) is 2.65. The molecule has 0 aliphatic heterocycles. The predicted molar refractivity (Wildman–Crippen MR) is 63.3 cm³/mol. The van der Waals surface area contributed by atoms with Crippen molar-refractivity contribution >= 4 is 5.78 Å². The second-order valence-corrected chi connectivity index (χ2v) is 5.20. The van der Waals surface area contributed by atoms with Crippen LogP contribution in [-0.2, 0) is 4.79 Å². The average molecular weight is 209 g/mol. The molecular weight excluding hydrogens is 186 g/mol. The molecule has 0 radical (unpaired) electrons. The average Bonchev–Trinajstić information content (AvgIpc) is 2.18. The highest BCUT2D eigenvalue weighted by molar-refractivity contribution is 5.94. The van der Waals surface area contributed by atoms with Crippen molar-refractivity contribution in [2.45, 2.75) is 52.4 Å². The molecule has 2 heteroatoms. The van der Waals surface area contributed by atoms with Gasteiger partial charge in [-0.25, -0.2) is 0 Å². The highest BCUT2D eigenvalue weighted by Gasteiger charge is 2.37. The third-order valence-corrected chi connectivity index (χ3v) is 3.94. The fraction of sp³-hybridized carbons (Fsp3) is 0.769. The van der Waals surface area contributed by atoms with Crippen molar-refractivity contribution in [1.29, 1.82) is 0 Å². The number of hydrogen-bond donors (Lipinski definition) is 1. The summed E-state index contributed by atoms with van der Waals surface area (Å²) < 4.78 is 0. The molecule has 0 heterocycles. The molecule has 0 spiro atoms. The first-order chi connectivity index (χ1) is 6.98. The van der Waals surface area contributed by atoms with Gasteiger partial charge >= 0.3 is 0 Å². The summed E-state index contributed by atoms with van der Waals surface area (Å²) in [6.45, 7) is 7.98. The standard InChI is InChI=1S/C13H23NO/c1-10(2)13(7-5-4-6-8-13)9-12(15)11(3)14/h10H,3-9,14H2,1-2H3. The molecule has 0 atom stereocenters. The quantitative estimate of drug-likeness (QED) is 0.723. The number of ketones is 1. The lowest BCUT2D eigenvalue weighted by atomic mass is 9.64. The van der Waals surface area contributed by atoms with Crippen molar-refractivity contribution in [2.75, 3.05) is 0 Å². The van der Waals surface area contributed by atoms with Crippen LogP contribution in [0.3, 0.4) is 0 Å². The van der Waals surface area contributed by atoms with Crippen LogP contribution in [0.15, 0.2) is 12.3 Å². The van der Waals surface area contributed by atoms with E-state index in [9.17, 15) is 4.79 Å². The summed E-state index contributed by atoms with van der Waals surface area (Å²) in [6, 6.07) is 0. The van der Waals surface area contributed by atoms with Crippen molar-refractivity contribution in [2.24, 2.45) is 17.1 Å². The number of Topliss-reactive ketones (excluding diaryl/α,β-unsaturated/α-hetero) is 1. The summed E-state index contributed by atoms with van der Waals surface area (Å²) in [4.78, 5) is 11.7. The van der Waals surface area contributed by atoms with Crippen LogP contribution in [0.4, 0.5) is 0 Å². The van der Waals surface area contributed by atoms with E-state index in [1.807, 2.05) is 0 Å². The smallest absolute Gasteiger partial charge is 0.178 e. The van der Waals surface area contributed by atoms with Gasteiger partial charge in [0.1, 0.15) is 0 Å². The molecule has 0 aromatic heterocycles. The Balaban J connectivity index is 2.73. The van der Waals surface area contributed by atoms with E-state index in [0.29, 0.717) is 12.3 Å². The lowest BCUT2D eigenvalue weighted by Gasteiger charge is -2.40. The second kappa shape index (κ2) is 4.82. The van der Waals surface area contributed by atoms with E-state index in [1.165, 1.54) is 32.1 Å². The fourth-order valence-electron chi connectivity index (χ4n) is 2.65. The molecule has 1 fully saturated rings. The van der Waals surface area contributed by atoms with Gasteiger partial charge in [0.05, 0.1) is 5.70 Å². The lowest BCUT2D eigenvalue weighted by molar-refractivity contribution is -0.119. The van der Waals surface area contributed by atoms with Gasteiger partial charge in [0.15, 0.2) is 5.78 Å². The Kier molecular flexibility index (Phi) is 3.95. The lowest BCUT2D eigenvalue weighted by Crippen LogP contribution is -2.33. The van der Waals surface area contributed by atoms with Crippen LogP contribution in [-0.4, -0.2) is 5.78 Å². The van der Waals surface area contributed by atoms with E-state index < -0.39 is 0 Å². The topological polar surface area (TPSA) is 43.1 Å². The Morgan fingerprint density at radius 3 is 2.27 bits per heavy atom. The maximum Gasteiger partial charge on any atom is 0.178 e. The van der Waals surface area contributed by atoms with E-state index in [1.54, 1.807) is 0 Å². The zero-order valence-electron chi connectivity index (χ0n) is 10.0. The summed E-state index contributed by atoms with van der Waals surface area (Å²) in [7, 11) is 0. The van der Waals surface area contributed by atoms with Crippen LogP contribution in [0.5, 0.6) is 0 Å². The van der Waals surface area contributed by atoms with Crippen LogP contribution in [0.1, 0.15) is 52.4 Å². The predicted octanol–water partition coefficient (Wildman–Crippen LogP) is 3.02. The van der Waals surface area contributed by atoms with Crippen LogP contribution in [0.2, 0.25) is 0 Å². The molecule has 0 aromatic carbocycles. The maximum absolute atomic E-state index is 11.7. The zero-order valence-corrected chi connectivity index (χ0v) is 10.0. The molecule has 2 N–H and O–H groups in total. The molecule has 1 aliphatic carbocycles. The van der Waals surface area contributed by atoms with Crippen LogP contribution in [0, 0.1) is 11.3 Å². The summed E-state index contributed by atoms with van der Waals surface area (Å²) in [5, 5.41) is 0. The Labute approximate surface area is 92.9 Å². The number of allylic oxidation sites excluding steroid dienone is 1. The summed E-state index contributed by atoms with van der Waals surface area (Å²) >= 11 is 0. The van der Waals surface area contributed by atoms with Crippen LogP contribution in [0.25, 0.3) is 0 Å². The highest BCUT2D eigenvalue weighted by Crippen LogP contribution is 2.45. The zero-order chi connectivity index (χ0) is 11.5. The van der Waals surface area contributed by atoms with Gasteiger partial charge < -0.3 is 5.73 Å². The van der Waals surface area contributed by atoms with Gasteiger partial charge in [-0.1, -0.05) is 39.7 Å². The molecule has 0 unspecified atom stereocenters.